The van der Waals surface area contributed by atoms with Crippen molar-refractivity contribution in [2.45, 2.75) is 26.2 Å². The van der Waals surface area contributed by atoms with Gasteiger partial charge in [-0.3, -0.25) is 0 Å². The zero-order chi connectivity index (χ0) is 17.2. The maximum absolute atomic E-state index is 9.10. The number of carbonyl (C=O) groups is 2. The lowest BCUT2D eigenvalue weighted by molar-refractivity contribution is -0.159. The van der Waals surface area contributed by atoms with Gasteiger partial charge in [0.2, 0.25) is 5.88 Å². The number of anilines is 1. The molecule has 1 aliphatic rings. The minimum atomic E-state index is -1.82. The highest BCUT2D eigenvalue weighted by molar-refractivity contribution is 6.27. The summed E-state index contributed by atoms with van der Waals surface area (Å²) in [7, 11) is 2.14. The number of nitrogens with zero attached hydrogens (tertiary/aromatic N) is 2. The fourth-order valence-corrected chi connectivity index (χ4v) is 2.06. The van der Waals surface area contributed by atoms with Gasteiger partial charge in [-0.25, -0.2) is 9.59 Å². The number of rotatable bonds is 5. The van der Waals surface area contributed by atoms with E-state index in [0.717, 1.165) is 43.9 Å². The molecule has 0 fully saturated rings. The molecule has 0 unspecified atom stereocenters. The minimum absolute atomic E-state index is 0.819. The molecule has 0 atom stereocenters. The third kappa shape index (κ3) is 6.52. The largest absolute Gasteiger partial charge is 0.473 e. The first-order chi connectivity index (χ1) is 11.0. The van der Waals surface area contributed by atoms with E-state index in [1.54, 1.807) is 0 Å². The Labute approximate surface area is 134 Å². The summed E-state index contributed by atoms with van der Waals surface area (Å²) in [6.07, 6.45) is 7.54. The summed E-state index contributed by atoms with van der Waals surface area (Å²) in [4.78, 5) is 20.5. The van der Waals surface area contributed by atoms with Crippen molar-refractivity contribution in [2.24, 2.45) is 0 Å². The second-order valence-electron chi connectivity index (χ2n) is 5.22. The predicted molar refractivity (Wildman–Crippen MR) is 85.3 cm³/mol. The fourth-order valence-electron chi connectivity index (χ4n) is 2.06. The van der Waals surface area contributed by atoms with E-state index in [1.165, 1.54) is 12.0 Å². The fraction of sp³-hybridized carbons (Fsp3) is 0.533. The number of likely N-dealkylation sites (N-methyl/N-ethyl adjacent to an activating group) is 1. The summed E-state index contributed by atoms with van der Waals surface area (Å²) in [6, 6.07) is 0. The standard InChI is InChI=1S/C13H21N3O.C2H2O4/c1-3-4-7-14-13-12(9-15-17-13)11-6-5-8-16(2)10-11;3-1(4)2(5)6/h6,9,14H,3-5,7-8,10H2,1-2H3;(H,3,4)(H,5,6). The van der Waals surface area contributed by atoms with Crippen molar-refractivity contribution in [3.63, 3.8) is 0 Å². The first-order valence-electron chi connectivity index (χ1n) is 7.48. The zero-order valence-electron chi connectivity index (χ0n) is 13.4. The molecule has 1 aliphatic heterocycles. The molecule has 0 aliphatic carbocycles. The Morgan fingerprint density at radius 1 is 1.39 bits per heavy atom. The molecule has 8 nitrogen and oxygen atoms in total. The van der Waals surface area contributed by atoms with Crippen LogP contribution in [0.1, 0.15) is 31.7 Å². The first-order valence-corrected chi connectivity index (χ1v) is 7.48. The Morgan fingerprint density at radius 3 is 2.65 bits per heavy atom. The van der Waals surface area contributed by atoms with Crippen LogP contribution in [0.2, 0.25) is 0 Å². The second kappa shape index (κ2) is 9.62. The van der Waals surface area contributed by atoms with Crippen LogP contribution in [0.3, 0.4) is 0 Å². The van der Waals surface area contributed by atoms with E-state index < -0.39 is 11.9 Å². The molecule has 8 heteroatoms. The van der Waals surface area contributed by atoms with Gasteiger partial charge in [0.05, 0.1) is 11.8 Å². The predicted octanol–water partition coefficient (Wildman–Crippen LogP) is 1.76. The highest BCUT2D eigenvalue weighted by Gasteiger charge is 2.16. The molecule has 3 N–H and O–H groups in total. The molecule has 1 aromatic heterocycles. The van der Waals surface area contributed by atoms with Crippen molar-refractivity contribution >= 4 is 23.4 Å². The Balaban J connectivity index is 0.000000379. The highest BCUT2D eigenvalue weighted by atomic mass is 16.5. The van der Waals surface area contributed by atoms with Crippen molar-refractivity contribution in [3.8, 4) is 0 Å². The van der Waals surface area contributed by atoms with Crippen LogP contribution in [0.25, 0.3) is 5.57 Å². The van der Waals surface area contributed by atoms with Crippen molar-refractivity contribution < 1.29 is 24.3 Å². The third-order valence-electron chi connectivity index (χ3n) is 3.26. The average molecular weight is 325 g/mol. The Kier molecular flexibility index (Phi) is 7.82. The van der Waals surface area contributed by atoms with E-state index in [4.69, 9.17) is 24.3 Å². The number of aliphatic carboxylic acids is 2. The molecule has 0 radical (unpaired) electrons. The zero-order valence-corrected chi connectivity index (χ0v) is 13.4. The number of aromatic nitrogens is 1. The van der Waals surface area contributed by atoms with Crippen LogP contribution < -0.4 is 5.32 Å². The smallest absolute Gasteiger partial charge is 0.414 e. The molecule has 23 heavy (non-hydrogen) atoms. The van der Waals surface area contributed by atoms with E-state index in [-0.39, 0.29) is 0 Å². The van der Waals surface area contributed by atoms with Crippen LogP contribution >= 0.6 is 0 Å². The van der Waals surface area contributed by atoms with Gasteiger partial charge in [0.1, 0.15) is 0 Å². The van der Waals surface area contributed by atoms with Gasteiger partial charge in [-0.1, -0.05) is 24.6 Å². The van der Waals surface area contributed by atoms with E-state index in [9.17, 15) is 0 Å². The summed E-state index contributed by atoms with van der Waals surface area (Å²) in [5.41, 5.74) is 2.44. The molecule has 0 aromatic carbocycles. The van der Waals surface area contributed by atoms with Gasteiger partial charge in [0.15, 0.2) is 0 Å². The van der Waals surface area contributed by atoms with E-state index in [1.807, 2.05) is 6.20 Å². The van der Waals surface area contributed by atoms with Gasteiger partial charge in [-0.05, 0) is 25.5 Å². The van der Waals surface area contributed by atoms with Crippen LogP contribution in [0.5, 0.6) is 0 Å². The van der Waals surface area contributed by atoms with E-state index in [0.29, 0.717) is 0 Å². The summed E-state index contributed by atoms with van der Waals surface area (Å²) in [5.74, 6) is -2.83. The summed E-state index contributed by atoms with van der Waals surface area (Å²) < 4.78 is 5.28. The normalized spacial score (nSPS) is 14.4. The van der Waals surface area contributed by atoms with Crippen LogP contribution in [-0.2, 0) is 9.59 Å². The van der Waals surface area contributed by atoms with Gasteiger partial charge in [0.25, 0.3) is 0 Å². The van der Waals surface area contributed by atoms with Crippen LogP contribution in [0.4, 0.5) is 5.88 Å². The third-order valence-corrected chi connectivity index (χ3v) is 3.26. The quantitative estimate of drug-likeness (QED) is 0.554. The molecule has 1 aromatic rings. The Morgan fingerprint density at radius 2 is 2.09 bits per heavy atom. The topological polar surface area (TPSA) is 116 Å². The summed E-state index contributed by atoms with van der Waals surface area (Å²) >= 11 is 0. The highest BCUT2D eigenvalue weighted by Crippen LogP contribution is 2.26. The lowest BCUT2D eigenvalue weighted by Crippen LogP contribution is -2.25. The molecule has 0 saturated heterocycles. The summed E-state index contributed by atoms with van der Waals surface area (Å²) in [5, 5.41) is 22.0. The average Bonchev–Trinajstić information content (AvgIpc) is 2.96. The van der Waals surface area contributed by atoms with Crippen LogP contribution in [0, 0.1) is 0 Å². The lowest BCUT2D eigenvalue weighted by Gasteiger charge is -2.22. The van der Waals surface area contributed by atoms with Gasteiger partial charge in [-0.2, -0.15) is 0 Å². The SMILES string of the molecule is CCCCNc1oncc1C1=CCCN(C)C1.O=C(O)C(=O)O. The van der Waals surface area contributed by atoms with Gasteiger partial charge < -0.3 is 25.0 Å². The molecule has 0 bridgehead atoms. The van der Waals surface area contributed by atoms with Crippen molar-refractivity contribution in [1.29, 1.82) is 0 Å². The molecule has 2 heterocycles. The van der Waals surface area contributed by atoms with Crippen molar-refractivity contribution in [3.05, 3.63) is 17.8 Å². The van der Waals surface area contributed by atoms with Crippen LogP contribution in [-0.4, -0.2) is 58.9 Å². The second-order valence-corrected chi connectivity index (χ2v) is 5.22. The number of unbranched alkanes of at least 4 members (excludes halogenated alkanes) is 1. The Hall–Kier alpha value is -2.35. The maximum Gasteiger partial charge on any atom is 0.414 e. The lowest BCUT2D eigenvalue weighted by atomic mass is 10.0. The number of carboxylic acid groups (broad SMARTS) is 2. The van der Waals surface area contributed by atoms with E-state index in [2.05, 4.69) is 35.4 Å². The molecule has 0 amide bonds. The Bertz CT molecular complexity index is 541. The monoisotopic (exact) mass is 325 g/mol. The van der Waals surface area contributed by atoms with Gasteiger partial charge >= 0.3 is 11.9 Å². The maximum atomic E-state index is 9.10. The van der Waals surface area contributed by atoms with Gasteiger partial charge in [-0.15, -0.1) is 0 Å². The molecule has 0 saturated carbocycles. The number of hydrogen-bond donors (Lipinski definition) is 3. The molecular formula is C15H23N3O5. The molecule has 0 spiro atoms. The van der Waals surface area contributed by atoms with Gasteiger partial charge in [0, 0.05) is 19.6 Å². The minimum Gasteiger partial charge on any atom is -0.473 e. The molecule has 128 valence electrons. The van der Waals surface area contributed by atoms with Crippen molar-refractivity contribution in [1.82, 2.24) is 10.1 Å². The van der Waals surface area contributed by atoms with E-state index >= 15 is 0 Å². The molecular weight excluding hydrogens is 302 g/mol. The molecule has 2 rings (SSSR count). The van der Waals surface area contributed by atoms with Crippen LogP contribution in [0.15, 0.2) is 16.8 Å². The number of carboxylic acids is 2. The summed E-state index contributed by atoms with van der Waals surface area (Å²) in [6.45, 7) is 5.24. The first kappa shape index (κ1) is 18.7. The number of hydrogen-bond acceptors (Lipinski definition) is 6. The number of nitrogens with one attached hydrogen (secondary N) is 1. The van der Waals surface area contributed by atoms with Crippen molar-refractivity contribution in [2.75, 3.05) is 32.0 Å².